The number of carboxylic acids is 1. The van der Waals surface area contributed by atoms with E-state index in [9.17, 15) is 34.8 Å². The maximum atomic E-state index is 14.8. The molecule has 4 N–H and O–H groups in total. The standard InChI is InChI=1S/C76H124O10/c1-43(13-22-64(80)81)52-17-20-56-68-59(29-35-75(52,56)11)73(9)33-27-51(84-65(82)23-14-44(2)53-16-19-55-67-58(28-34-74(53,55)10)71(7)31-25-49(77)37-46(71)40-61(67)79)39-48(73)41-62(68)85-66(83)24-15-45(3)54-18-21-57-69-60(30-36-76(54,57)12)72(8)32-26-50(78)38-47(72)42-63(69)86-70(4,5)6/h43-63,67-69,77-79H,13-42H2,1-12H3,(H,80,81)/t43-,44-,45?,46+,47+,48+,49-,50-,51?,52-,53-,54?,55+,56+,57+,58+,59+,60+,61+,62+,63+,67+,68+,69+,71+,72+,73+,74-,75-,76-/m1/s1. The fourth-order valence-corrected chi connectivity index (χ4v) is 27.4. The summed E-state index contributed by atoms with van der Waals surface area (Å²) in [6.07, 6.45) is 28.2. The number of carboxylic acid groups (broad SMARTS) is 1. The molecule has 0 radical (unpaired) electrons. The molecule has 3 unspecified atom stereocenters. The summed E-state index contributed by atoms with van der Waals surface area (Å²) < 4.78 is 20.8. The fourth-order valence-electron chi connectivity index (χ4n) is 27.4. The monoisotopic (exact) mass is 1200 g/mol. The Kier molecular flexibility index (Phi) is 17.7. The van der Waals surface area contributed by atoms with Crippen molar-refractivity contribution in [2.75, 3.05) is 0 Å². The molecule has 30 atom stereocenters. The van der Waals surface area contributed by atoms with Crippen LogP contribution in [0.4, 0.5) is 0 Å². The molecule has 0 bridgehead atoms. The van der Waals surface area contributed by atoms with Gasteiger partial charge in [0, 0.05) is 25.2 Å². The molecule has 488 valence electrons. The normalized spacial score (nSPS) is 51.3. The zero-order chi connectivity index (χ0) is 61.4. The molecule has 0 saturated heterocycles. The number of hydrogen-bond donors (Lipinski definition) is 4. The van der Waals surface area contributed by atoms with E-state index in [1.54, 1.807) is 0 Å². The first-order valence-electron chi connectivity index (χ1n) is 36.8. The van der Waals surface area contributed by atoms with Crippen molar-refractivity contribution in [3.05, 3.63) is 0 Å². The zero-order valence-electron chi connectivity index (χ0n) is 56.3. The maximum Gasteiger partial charge on any atom is 0.306 e. The molecule has 0 aromatic carbocycles. The highest BCUT2D eigenvalue weighted by Crippen LogP contribution is 2.73. The molecule has 10 heteroatoms. The average molecular weight is 1200 g/mol. The minimum absolute atomic E-state index is 0.0279. The second-order valence-electron chi connectivity index (χ2n) is 36.4. The summed E-state index contributed by atoms with van der Waals surface area (Å²) in [5.41, 5.74) is 0.786. The van der Waals surface area contributed by atoms with E-state index < -0.39 is 5.97 Å². The number of hydrogen-bond acceptors (Lipinski definition) is 9. The van der Waals surface area contributed by atoms with Crippen LogP contribution in [0.15, 0.2) is 0 Å². The zero-order valence-corrected chi connectivity index (χ0v) is 56.3. The van der Waals surface area contributed by atoms with Gasteiger partial charge in [-0.05, 0) is 327 Å². The Morgan fingerprint density at radius 3 is 1.28 bits per heavy atom. The van der Waals surface area contributed by atoms with E-state index in [0.717, 1.165) is 116 Å². The van der Waals surface area contributed by atoms with Crippen molar-refractivity contribution < 1.29 is 49.0 Å². The third-order valence-electron chi connectivity index (χ3n) is 31.7. The van der Waals surface area contributed by atoms with Gasteiger partial charge in [0.05, 0.1) is 30.0 Å². The molecule has 12 saturated carbocycles. The third kappa shape index (κ3) is 11.1. The maximum absolute atomic E-state index is 14.8. The number of carbonyl (C=O) groups excluding carboxylic acids is 2. The Hall–Kier alpha value is -1.75. The summed E-state index contributed by atoms with van der Waals surface area (Å²) in [5.74, 6) is 7.42. The van der Waals surface area contributed by atoms with Crippen LogP contribution in [0.2, 0.25) is 0 Å². The number of fused-ring (bicyclic) bond motifs is 15. The second-order valence-corrected chi connectivity index (χ2v) is 36.4. The van der Waals surface area contributed by atoms with Crippen LogP contribution in [0.5, 0.6) is 0 Å². The van der Waals surface area contributed by atoms with Crippen molar-refractivity contribution in [1.82, 2.24) is 0 Å². The summed E-state index contributed by atoms with van der Waals surface area (Å²) in [4.78, 5) is 40.8. The molecular formula is C76H124O10. The fraction of sp³-hybridized carbons (Fsp3) is 0.961. The van der Waals surface area contributed by atoms with Crippen molar-refractivity contribution in [3.63, 3.8) is 0 Å². The van der Waals surface area contributed by atoms with Gasteiger partial charge < -0.3 is 34.6 Å². The van der Waals surface area contributed by atoms with Gasteiger partial charge in [0.2, 0.25) is 0 Å². The summed E-state index contributed by atoms with van der Waals surface area (Å²) >= 11 is 0. The van der Waals surface area contributed by atoms with Crippen LogP contribution < -0.4 is 0 Å². The van der Waals surface area contributed by atoms with Crippen LogP contribution in [0, 0.1) is 139 Å². The van der Waals surface area contributed by atoms with Crippen molar-refractivity contribution in [2.24, 2.45) is 139 Å². The van der Waals surface area contributed by atoms with Gasteiger partial charge in [-0.15, -0.1) is 0 Å². The molecule has 0 aromatic rings. The molecule has 12 rings (SSSR count). The number of aliphatic hydroxyl groups is 3. The molecule has 0 amide bonds. The third-order valence-corrected chi connectivity index (χ3v) is 31.7. The van der Waals surface area contributed by atoms with Gasteiger partial charge >= 0.3 is 17.9 Å². The Bertz CT molecular complexity index is 2450. The van der Waals surface area contributed by atoms with E-state index in [2.05, 4.69) is 83.1 Å². The van der Waals surface area contributed by atoms with Gasteiger partial charge in [-0.3, -0.25) is 14.4 Å². The number of aliphatic hydroxyl groups excluding tert-OH is 3. The van der Waals surface area contributed by atoms with Crippen LogP contribution >= 0.6 is 0 Å². The highest BCUT2D eigenvalue weighted by molar-refractivity contribution is 5.70. The predicted octanol–water partition coefficient (Wildman–Crippen LogP) is 16.2. The number of carbonyl (C=O) groups is 3. The van der Waals surface area contributed by atoms with E-state index in [1.807, 2.05) is 0 Å². The number of aliphatic carboxylic acids is 1. The summed E-state index contributed by atoms with van der Waals surface area (Å²) in [5, 5.41) is 43.1. The average Bonchev–Trinajstić information content (AvgIpc) is 1.31. The van der Waals surface area contributed by atoms with E-state index in [-0.39, 0.29) is 99.0 Å². The molecule has 12 fully saturated rings. The molecule has 0 aromatic heterocycles. The van der Waals surface area contributed by atoms with Crippen LogP contribution in [0.25, 0.3) is 0 Å². The molecule has 0 heterocycles. The molecule has 12 aliphatic carbocycles. The van der Waals surface area contributed by atoms with Crippen molar-refractivity contribution >= 4 is 17.9 Å². The quantitative estimate of drug-likeness (QED) is 0.116. The topological polar surface area (TPSA) is 160 Å². The Balaban J connectivity index is 0.701. The lowest BCUT2D eigenvalue weighted by atomic mass is 9.43. The lowest BCUT2D eigenvalue weighted by Gasteiger charge is -2.63. The Labute approximate surface area is 521 Å². The summed E-state index contributed by atoms with van der Waals surface area (Å²) in [7, 11) is 0. The van der Waals surface area contributed by atoms with E-state index >= 15 is 0 Å². The molecule has 0 spiro atoms. The summed E-state index contributed by atoms with van der Waals surface area (Å²) in [6.45, 7) is 29.1. The number of ether oxygens (including phenoxy) is 3. The van der Waals surface area contributed by atoms with Gasteiger partial charge in [-0.25, -0.2) is 0 Å². The van der Waals surface area contributed by atoms with Gasteiger partial charge in [0.1, 0.15) is 12.2 Å². The second kappa shape index (κ2) is 23.7. The number of esters is 2. The first-order valence-corrected chi connectivity index (χ1v) is 36.8. The molecule has 10 nitrogen and oxygen atoms in total. The summed E-state index contributed by atoms with van der Waals surface area (Å²) in [6, 6.07) is 0. The highest BCUT2D eigenvalue weighted by atomic mass is 16.5. The SMILES string of the molecule is CC(CCC(=O)O[C@H]1C[C@@H]2CC(OC(=O)CC[C@@H](C)[C@H]3CC[C@H]4[C@@H]5[C@@H](O)C[C@@H]6C[C@H](O)CC[C@]6(C)[C@H]5CC[C@]34C)CC[C@]2(C)[C@H]2CC[C@]3(C)[C@@H]([C@H](C)CCC(=O)O)CC[C@H]3[C@H]12)C1CC[C@H]2[C@@H]3[C@@H](OC(C)(C)C)C[C@@H]4C[C@H](O)CC[C@]4(C)[C@H]3CC[C@]12C. The van der Waals surface area contributed by atoms with Gasteiger partial charge in [-0.1, -0.05) is 62.3 Å². The predicted molar refractivity (Wildman–Crippen MR) is 337 cm³/mol. The van der Waals surface area contributed by atoms with E-state index in [1.165, 1.54) is 51.4 Å². The van der Waals surface area contributed by atoms with E-state index in [0.29, 0.717) is 120 Å². The van der Waals surface area contributed by atoms with Gasteiger partial charge in [-0.2, -0.15) is 0 Å². The minimum Gasteiger partial charge on any atom is -0.481 e. The first-order chi connectivity index (χ1) is 40.5. The number of rotatable bonds is 15. The first kappa shape index (κ1) is 64.4. The van der Waals surface area contributed by atoms with Gasteiger partial charge in [0.15, 0.2) is 0 Å². The molecule has 86 heavy (non-hydrogen) atoms. The van der Waals surface area contributed by atoms with Crippen LogP contribution in [0.1, 0.15) is 276 Å². The largest absolute Gasteiger partial charge is 0.481 e. The van der Waals surface area contributed by atoms with Crippen LogP contribution in [-0.4, -0.2) is 80.6 Å². The highest BCUT2D eigenvalue weighted by Gasteiger charge is 2.67. The van der Waals surface area contributed by atoms with Crippen molar-refractivity contribution in [1.29, 1.82) is 0 Å². The van der Waals surface area contributed by atoms with Gasteiger partial charge in [0.25, 0.3) is 0 Å². The molecule has 12 aliphatic rings. The Morgan fingerprint density at radius 1 is 0.430 bits per heavy atom. The van der Waals surface area contributed by atoms with E-state index in [4.69, 9.17) is 14.2 Å². The van der Waals surface area contributed by atoms with Crippen molar-refractivity contribution in [3.8, 4) is 0 Å². The lowest BCUT2D eigenvalue weighted by molar-refractivity contribution is -0.212. The lowest BCUT2D eigenvalue weighted by Crippen LogP contribution is -2.60. The van der Waals surface area contributed by atoms with Crippen LogP contribution in [0.3, 0.4) is 0 Å². The smallest absolute Gasteiger partial charge is 0.306 e. The molecular weight excluding hydrogens is 1070 g/mol. The van der Waals surface area contributed by atoms with Crippen LogP contribution in [-0.2, 0) is 28.6 Å². The molecule has 0 aliphatic heterocycles. The Morgan fingerprint density at radius 2 is 0.802 bits per heavy atom. The minimum atomic E-state index is -0.707. The van der Waals surface area contributed by atoms with Crippen molar-refractivity contribution in [2.45, 2.75) is 318 Å².